The van der Waals surface area contributed by atoms with Crippen LogP contribution in [0.15, 0.2) is 22.7 Å². The SMILES string of the molecule is CNC(c1ccc(Br)cc1Cl)C1CCOCC1. The van der Waals surface area contributed by atoms with E-state index in [9.17, 15) is 0 Å². The molecule has 1 unspecified atom stereocenters. The first-order valence-electron chi connectivity index (χ1n) is 5.92. The summed E-state index contributed by atoms with van der Waals surface area (Å²) < 4.78 is 6.43. The van der Waals surface area contributed by atoms with E-state index in [-0.39, 0.29) is 0 Å². The molecule has 1 aromatic carbocycles. The standard InChI is InChI=1S/C13H17BrClNO/c1-16-13(9-4-6-17-7-5-9)11-3-2-10(14)8-12(11)15/h2-3,8-9,13,16H,4-7H2,1H3. The Bertz CT molecular complexity index is 380. The van der Waals surface area contributed by atoms with Gasteiger partial charge in [-0.1, -0.05) is 33.6 Å². The topological polar surface area (TPSA) is 21.3 Å². The van der Waals surface area contributed by atoms with Crippen molar-refractivity contribution in [3.8, 4) is 0 Å². The Balaban J connectivity index is 2.21. The molecule has 1 fully saturated rings. The Morgan fingerprint density at radius 2 is 2.12 bits per heavy atom. The van der Waals surface area contributed by atoms with E-state index in [2.05, 4.69) is 27.3 Å². The normalized spacial score (nSPS) is 19.2. The van der Waals surface area contributed by atoms with Crippen molar-refractivity contribution in [1.29, 1.82) is 0 Å². The number of nitrogens with one attached hydrogen (secondary N) is 1. The number of ether oxygens (including phenoxy) is 1. The quantitative estimate of drug-likeness (QED) is 0.915. The summed E-state index contributed by atoms with van der Waals surface area (Å²) in [5, 5.41) is 4.22. The van der Waals surface area contributed by atoms with Crippen molar-refractivity contribution in [3.05, 3.63) is 33.3 Å². The maximum Gasteiger partial charge on any atom is 0.0469 e. The summed E-state index contributed by atoms with van der Waals surface area (Å²) in [6, 6.07) is 6.42. The first-order chi connectivity index (χ1) is 8.22. The van der Waals surface area contributed by atoms with Gasteiger partial charge in [0, 0.05) is 28.8 Å². The minimum absolute atomic E-state index is 0.319. The van der Waals surface area contributed by atoms with Gasteiger partial charge in [0.1, 0.15) is 0 Å². The van der Waals surface area contributed by atoms with Crippen molar-refractivity contribution in [2.24, 2.45) is 5.92 Å². The number of halogens is 2. The molecule has 0 saturated carbocycles. The lowest BCUT2D eigenvalue weighted by atomic mass is 9.87. The minimum Gasteiger partial charge on any atom is -0.381 e. The van der Waals surface area contributed by atoms with Gasteiger partial charge in [0.25, 0.3) is 0 Å². The van der Waals surface area contributed by atoms with Crippen LogP contribution < -0.4 is 5.32 Å². The largest absolute Gasteiger partial charge is 0.381 e. The molecule has 94 valence electrons. The molecule has 0 aromatic heterocycles. The molecule has 1 aromatic rings. The van der Waals surface area contributed by atoms with Crippen LogP contribution in [0.3, 0.4) is 0 Å². The summed E-state index contributed by atoms with van der Waals surface area (Å²) in [7, 11) is 2.00. The number of benzene rings is 1. The predicted molar refractivity (Wildman–Crippen MR) is 74.5 cm³/mol. The second-order valence-corrected chi connectivity index (χ2v) is 5.70. The van der Waals surface area contributed by atoms with Gasteiger partial charge in [-0.25, -0.2) is 0 Å². The Kier molecular flexibility index (Phi) is 4.86. The van der Waals surface area contributed by atoms with Crippen molar-refractivity contribution < 1.29 is 4.74 Å². The lowest BCUT2D eigenvalue weighted by molar-refractivity contribution is 0.0546. The van der Waals surface area contributed by atoms with Gasteiger partial charge >= 0.3 is 0 Å². The molecule has 1 atom stereocenters. The highest BCUT2D eigenvalue weighted by molar-refractivity contribution is 9.10. The minimum atomic E-state index is 0.319. The van der Waals surface area contributed by atoms with Crippen LogP contribution in [0.25, 0.3) is 0 Å². The Labute approximate surface area is 116 Å². The fourth-order valence-electron chi connectivity index (χ4n) is 2.45. The molecule has 1 aliphatic rings. The van der Waals surface area contributed by atoms with E-state index in [0.717, 1.165) is 35.6 Å². The first-order valence-corrected chi connectivity index (χ1v) is 7.09. The number of rotatable bonds is 3. The first kappa shape index (κ1) is 13.3. The lowest BCUT2D eigenvalue weighted by Crippen LogP contribution is -2.30. The molecule has 1 aliphatic heterocycles. The molecule has 2 nitrogen and oxygen atoms in total. The highest BCUT2D eigenvalue weighted by Crippen LogP contribution is 2.34. The van der Waals surface area contributed by atoms with E-state index >= 15 is 0 Å². The van der Waals surface area contributed by atoms with Gasteiger partial charge in [0.15, 0.2) is 0 Å². The highest BCUT2D eigenvalue weighted by atomic mass is 79.9. The summed E-state index contributed by atoms with van der Waals surface area (Å²) in [5.41, 5.74) is 1.18. The third-order valence-corrected chi connectivity index (χ3v) is 4.17. The van der Waals surface area contributed by atoms with Crippen LogP contribution in [-0.2, 0) is 4.74 Å². The second-order valence-electron chi connectivity index (χ2n) is 4.38. The zero-order valence-electron chi connectivity index (χ0n) is 9.88. The van der Waals surface area contributed by atoms with Gasteiger partial charge < -0.3 is 10.1 Å². The van der Waals surface area contributed by atoms with E-state index in [0.29, 0.717) is 12.0 Å². The molecule has 1 N–H and O–H groups in total. The maximum atomic E-state index is 6.32. The molecule has 17 heavy (non-hydrogen) atoms. The second kappa shape index (κ2) is 6.19. The van der Waals surface area contributed by atoms with E-state index in [4.69, 9.17) is 16.3 Å². The smallest absolute Gasteiger partial charge is 0.0469 e. The zero-order chi connectivity index (χ0) is 12.3. The predicted octanol–water partition coefficient (Wildman–Crippen LogP) is 3.79. The van der Waals surface area contributed by atoms with E-state index < -0.39 is 0 Å². The summed E-state index contributed by atoms with van der Waals surface area (Å²) in [5.74, 6) is 0.604. The van der Waals surface area contributed by atoms with Crippen LogP contribution in [0, 0.1) is 5.92 Å². The summed E-state index contributed by atoms with van der Waals surface area (Å²) in [6.45, 7) is 1.72. The Morgan fingerprint density at radius 3 is 2.71 bits per heavy atom. The van der Waals surface area contributed by atoms with E-state index in [1.807, 2.05) is 19.2 Å². The molecule has 0 spiro atoms. The number of hydrogen-bond acceptors (Lipinski definition) is 2. The van der Waals surface area contributed by atoms with Gasteiger partial charge in [0.05, 0.1) is 0 Å². The van der Waals surface area contributed by atoms with Crippen molar-refractivity contribution in [2.45, 2.75) is 18.9 Å². The molecule has 0 radical (unpaired) electrons. The molecule has 0 amide bonds. The van der Waals surface area contributed by atoms with Crippen molar-refractivity contribution in [1.82, 2.24) is 5.32 Å². The van der Waals surface area contributed by atoms with Crippen molar-refractivity contribution >= 4 is 27.5 Å². The average Bonchev–Trinajstić information content (AvgIpc) is 2.34. The van der Waals surface area contributed by atoms with Crippen LogP contribution >= 0.6 is 27.5 Å². The summed E-state index contributed by atoms with van der Waals surface area (Å²) in [4.78, 5) is 0. The fourth-order valence-corrected chi connectivity index (χ4v) is 3.24. The fraction of sp³-hybridized carbons (Fsp3) is 0.538. The number of hydrogen-bond donors (Lipinski definition) is 1. The van der Waals surface area contributed by atoms with Crippen LogP contribution in [-0.4, -0.2) is 20.3 Å². The Morgan fingerprint density at radius 1 is 1.41 bits per heavy atom. The van der Waals surface area contributed by atoms with E-state index in [1.165, 1.54) is 5.56 Å². The zero-order valence-corrected chi connectivity index (χ0v) is 12.2. The molecule has 4 heteroatoms. The van der Waals surface area contributed by atoms with Crippen LogP contribution in [0.5, 0.6) is 0 Å². The average molecular weight is 319 g/mol. The van der Waals surface area contributed by atoms with Gasteiger partial charge in [-0.3, -0.25) is 0 Å². The molecular formula is C13H17BrClNO. The van der Waals surface area contributed by atoms with E-state index in [1.54, 1.807) is 0 Å². The van der Waals surface area contributed by atoms with Gasteiger partial charge in [-0.15, -0.1) is 0 Å². The Hall–Kier alpha value is -0.0900. The van der Waals surface area contributed by atoms with Gasteiger partial charge in [-0.05, 0) is 43.5 Å². The summed E-state index contributed by atoms with van der Waals surface area (Å²) in [6.07, 6.45) is 2.19. The van der Waals surface area contributed by atoms with Crippen LogP contribution in [0.1, 0.15) is 24.4 Å². The van der Waals surface area contributed by atoms with Gasteiger partial charge in [-0.2, -0.15) is 0 Å². The third kappa shape index (κ3) is 3.22. The maximum absolute atomic E-state index is 6.32. The van der Waals surface area contributed by atoms with Crippen LogP contribution in [0.2, 0.25) is 5.02 Å². The monoisotopic (exact) mass is 317 g/mol. The summed E-state index contributed by atoms with van der Waals surface area (Å²) >= 11 is 9.76. The van der Waals surface area contributed by atoms with Gasteiger partial charge in [0.2, 0.25) is 0 Å². The molecule has 1 saturated heterocycles. The third-order valence-electron chi connectivity index (χ3n) is 3.35. The molecule has 1 heterocycles. The lowest BCUT2D eigenvalue weighted by Gasteiger charge is -2.31. The van der Waals surface area contributed by atoms with Crippen molar-refractivity contribution in [2.75, 3.05) is 20.3 Å². The molecular weight excluding hydrogens is 302 g/mol. The highest BCUT2D eigenvalue weighted by Gasteiger charge is 2.25. The molecule has 2 rings (SSSR count). The molecule has 0 bridgehead atoms. The van der Waals surface area contributed by atoms with Crippen molar-refractivity contribution in [3.63, 3.8) is 0 Å². The molecule has 0 aliphatic carbocycles. The van der Waals surface area contributed by atoms with Crippen LogP contribution in [0.4, 0.5) is 0 Å².